The number of carbonyl (C=O) groups excluding carboxylic acids is 2. The lowest BCUT2D eigenvalue weighted by Gasteiger charge is -2.37. The van der Waals surface area contributed by atoms with Crippen molar-refractivity contribution in [1.82, 2.24) is 24.5 Å². The van der Waals surface area contributed by atoms with E-state index in [2.05, 4.69) is 27.1 Å². The maximum Gasteiger partial charge on any atom is 0.238 e. The van der Waals surface area contributed by atoms with Crippen molar-refractivity contribution >= 4 is 17.5 Å². The molecule has 0 aromatic carbocycles. The van der Waals surface area contributed by atoms with Gasteiger partial charge < -0.3 is 10.2 Å². The highest BCUT2D eigenvalue weighted by molar-refractivity contribution is 5.93. The summed E-state index contributed by atoms with van der Waals surface area (Å²) in [5, 5.41) is 7.34. The van der Waals surface area contributed by atoms with Crippen LogP contribution in [0.5, 0.6) is 0 Å². The van der Waals surface area contributed by atoms with Crippen LogP contribution in [0, 0.1) is 13.8 Å². The van der Waals surface area contributed by atoms with E-state index in [0.29, 0.717) is 19.1 Å². The van der Waals surface area contributed by atoms with Gasteiger partial charge >= 0.3 is 0 Å². The van der Waals surface area contributed by atoms with Crippen LogP contribution >= 0.6 is 0 Å². The highest BCUT2D eigenvalue weighted by Gasteiger charge is 2.26. The molecule has 0 aliphatic carbocycles. The zero-order chi connectivity index (χ0) is 20.3. The molecule has 0 spiro atoms. The Kier molecular flexibility index (Phi) is 6.72. The van der Waals surface area contributed by atoms with Crippen LogP contribution in [0.25, 0.3) is 0 Å². The third-order valence-corrected chi connectivity index (χ3v) is 6.09. The number of nitrogens with one attached hydrogen (secondary N) is 1. The van der Waals surface area contributed by atoms with E-state index in [1.165, 1.54) is 6.42 Å². The second-order valence-corrected chi connectivity index (χ2v) is 8.20. The number of aromatic nitrogens is 2. The first-order valence-corrected chi connectivity index (χ1v) is 10.4. The largest absolute Gasteiger partial charge is 0.339 e. The fourth-order valence-electron chi connectivity index (χ4n) is 4.19. The molecular weight excluding hydrogens is 356 g/mol. The molecule has 1 N–H and O–H groups in total. The predicted octanol–water partition coefficient (Wildman–Crippen LogP) is 0.994. The van der Waals surface area contributed by atoms with Crippen molar-refractivity contribution in [1.29, 1.82) is 0 Å². The number of carbonyl (C=O) groups is 2. The molecule has 8 heteroatoms. The number of aryl methyl sites for hydroxylation is 2. The van der Waals surface area contributed by atoms with Crippen LogP contribution < -0.4 is 5.32 Å². The summed E-state index contributed by atoms with van der Waals surface area (Å²) >= 11 is 0. The van der Waals surface area contributed by atoms with Crippen molar-refractivity contribution in [3.8, 4) is 0 Å². The SMILES string of the molecule is Cc1nn(C)c(C)c1NC(=O)CN1CCN(CC(=O)N2CCCCC2C)CC1. The number of piperidine rings is 1. The van der Waals surface area contributed by atoms with E-state index >= 15 is 0 Å². The Bertz CT molecular complexity index is 708. The van der Waals surface area contributed by atoms with Crippen molar-refractivity contribution in [3.05, 3.63) is 11.4 Å². The summed E-state index contributed by atoms with van der Waals surface area (Å²) < 4.78 is 1.78. The zero-order valence-corrected chi connectivity index (χ0v) is 17.7. The highest BCUT2D eigenvalue weighted by atomic mass is 16.2. The molecule has 2 saturated heterocycles. The summed E-state index contributed by atoms with van der Waals surface area (Å²) in [6.07, 6.45) is 3.46. The molecule has 0 radical (unpaired) electrons. The van der Waals surface area contributed by atoms with E-state index in [0.717, 1.165) is 62.6 Å². The lowest BCUT2D eigenvalue weighted by molar-refractivity contribution is -0.136. The van der Waals surface area contributed by atoms with E-state index in [-0.39, 0.29) is 11.8 Å². The van der Waals surface area contributed by atoms with Crippen LogP contribution in [0.3, 0.4) is 0 Å². The molecule has 1 unspecified atom stereocenters. The van der Waals surface area contributed by atoms with Gasteiger partial charge in [0.2, 0.25) is 11.8 Å². The monoisotopic (exact) mass is 390 g/mol. The molecule has 28 heavy (non-hydrogen) atoms. The van der Waals surface area contributed by atoms with Gasteiger partial charge in [0.25, 0.3) is 0 Å². The Labute approximate surface area is 167 Å². The quantitative estimate of drug-likeness (QED) is 0.812. The van der Waals surface area contributed by atoms with Crippen molar-refractivity contribution in [2.24, 2.45) is 7.05 Å². The Balaban J connectivity index is 1.42. The molecule has 156 valence electrons. The minimum atomic E-state index is -0.00846. The number of rotatable bonds is 5. The van der Waals surface area contributed by atoms with Crippen LogP contribution in [0.4, 0.5) is 5.69 Å². The number of likely N-dealkylation sites (tertiary alicyclic amines) is 1. The molecule has 1 atom stereocenters. The van der Waals surface area contributed by atoms with E-state index in [4.69, 9.17) is 0 Å². The number of hydrogen-bond acceptors (Lipinski definition) is 5. The van der Waals surface area contributed by atoms with Gasteiger partial charge in [0, 0.05) is 45.8 Å². The number of hydrogen-bond donors (Lipinski definition) is 1. The normalized spacial score (nSPS) is 21.7. The summed E-state index contributed by atoms with van der Waals surface area (Å²) in [4.78, 5) is 31.4. The van der Waals surface area contributed by atoms with Gasteiger partial charge in [-0.25, -0.2) is 0 Å². The number of amides is 2. The summed E-state index contributed by atoms with van der Waals surface area (Å²) in [6, 6.07) is 0.366. The molecule has 2 amide bonds. The Morgan fingerprint density at radius 3 is 2.25 bits per heavy atom. The smallest absolute Gasteiger partial charge is 0.238 e. The number of anilines is 1. The molecule has 3 rings (SSSR count). The molecule has 0 bridgehead atoms. The van der Waals surface area contributed by atoms with Gasteiger partial charge in [0.15, 0.2) is 0 Å². The average molecular weight is 391 g/mol. The van der Waals surface area contributed by atoms with Gasteiger partial charge in [-0.3, -0.25) is 24.1 Å². The Hall–Kier alpha value is -1.93. The van der Waals surface area contributed by atoms with E-state index in [1.807, 2.05) is 25.8 Å². The summed E-state index contributed by atoms with van der Waals surface area (Å²) in [6.45, 7) is 11.0. The lowest BCUT2D eigenvalue weighted by atomic mass is 10.0. The molecule has 1 aromatic rings. The Morgan fingerprint density at radius 1 is 1.04 bits per heavy atom. The summed E-state index contributed by atoms with van der Waals surface area (Å²) in [5.74, 6) is 0.242. The van der Waals surface area contributed by atoms with Crippen molar-refractivity contribution in [3.63, 3.8) is 0 Å². The summed E-state index contributed by atoms with van der Waals surface area (Å²) in [5.41, 5.74) is 2.61. The van der Waals surface area contributed by atoms with Crippen molar-refractivity contribution in [2.75, 3.05) is 51.1 Å². The van der Waals surface area contributed by atoms with Crippen LogP contribution in [0.1, 0.15) is 37.6 Å². The highest BCUT2D eigenvalue weighted by Crippen LogP contribution is 2.19. The zero-order valence-electron chi connectivity index (χ0n) is 17.7. The molecule has 2 aliphatic rings. The topological polar surface area (TPSA) is 73.7 Å². The molecule has 2 aliphatic heterocycles. The average Bonchev–Trinajstić information content (AvgIpc) is 2.89. The van der Waals surface area contributed by atoms with Gasteiger partial charge in [-0.15, -0.1) is 0 Å². The molecule has 8 nitrogen and oxygen atoms in total. The maximum absolute atomic E-state index is 12.6. The standard InChI is InChI=1S/C20H34N6O2/c1-15-7-5-6-8-26(15)19(28)14-25-11-9-24(10-12-25)13-18(27)21-20-16(2)22-23(4)17(20)3/h15H,5-14H2,1-4H3,(H,21,27). The van der Waals surface area contributed by atoms with Crippen LogP contribution in [-0.4, -0.2) is 88.1 Å². The van der Waals surface area contributed by atoms with Crippen LogP contribution in [0.2, 0.25) is 0 Å². The number of piperazine rings is 1. The fourth-order valence-corrected chi connectivity index (χ4v) is 4.19. The first-order chi connectivity index (χ1) is 13.3. The fraction of sp³-hybridized carbons (Fsp3) is 0.750. The van der Waals surface area contributed by atoms with Gasteiger partial charge in [-0.2, -0.15) is 5.10 Å². The third kappa shape index (κ3) is 4.91. The first kappa shape index (κ1) is 20.8. The van der Waals surface area contributed by atoms with Crippen molar-refractivity contribution < 1.29 is 9.59 Å². The Morgan fingerprint density at radius 2 is 1.68 bits per heavy atom. The minimum Gasteiger partial charge on any atom is -0.339 e. The molecule has 3 heterocycles. The summed E-state index contributed by atoms with van der Waals surface area (Å²) in [7, 11) is 1.88. The molecule has 0 saturated carbocycles. The maximum atomic E-state index is 12.6. The molecule has 2 fully saturated rings. The van der Waals surface area contributed by atoms with Crippen LogP contribution in [-0.2, 0) is 16.6 Å². The van der Waals surface area contributed by atoms with Gasteiger partial charge in [0.1, 0.15) is 0 Å². The van der Waals surface area contributed by atoms with Gasteiger partial charge in [-0.05, 0) is 40.0 Å². The van der Waals surface area contributed by atoms with Gasteiger partial charge in [-0.1, -0.05) is 0 Å². The second kappa shape index (κ2) is 9.05. The second-order valence-electron chi connectivity index (χ2n) is 8.20. The van der Waals surface area contributed by atoms with Gasteiger partial charge in [0.05, 0.1) is 30.2 Å². The first-order valence-electron chi connectivity index (χ1n) is 10.4. The lowest BCUT2D eigenvalue weighted by Crippen LogP contribution is -2.53. The van der Waals surface area contributed by atoms with E-state index in [1.54, 1.807) is 4.68 Å². The molecule has 1 aromatic heterocycles. The van der Waals surface area contributed by atoms with Crippen LogP contribution in [0.15, 0.2) is 0 Å². The predicted molar refractivity (Wildman–Crippen MR) is 109 cm³/mol. The van der Waals surface area contributed by atoms with E-state index in [9.17, 15) is 9.59 Å². The van der Waals surface area contributed by atoms with E-state index < -0.39 is 0 Å². The number of nitrogens with zero attached hydrogens (tertiary/aromatic N) is 5. The van der Waals surface area contributed by atoms with Crippen molar-refractivity contribution in [2.45, 2.75) is 46.1 Å². The minimum absolute atomic E-state index is 0.00846. The third-order valence-electron chi connectivity index (χ3n) is 6.09. The molecular formula is C20H34N6O2.